The molecule has 2 saturated carbocycles. The third kappa shape index (κ3) is 4.29. The molecular weight excluding hydrogens is 454 g/mol. The lowest BCUT2D eigenvalue weighted by Gasteiger charge is -2.50. The minimum atomic E-state index is -1.15. The second-order valence-corrected chi connectivity index (χ2v) is 10.9. The Kier molecular flexibility index (Phi) is 5.82. The molecule has 3 nitrogen and oxygen atoms in total. The fourth-order valence-electron chi connectivity index (χ4n) is 6.83. The Labute approximate surface area is 211 Å². The minimum absolute atomic E-state index is 0.145. The monoisotopic (exact) mass is 486 g/mol. The van der Waals surface area contributed by atoms with Crippen molar-refractivity contribution in [2.75, 3.05) is 6.54 Å². The van der Waals surface area contributed by atoms with Gasteiger partial charge >= 0.3 is 6.03 Å². The summed E-state index contributed by atoms with van der Waals surface area (Å²) >= 11 is 0. The molecule has 3 aromatic carbocycles. The summed E-state index contributed by atoms with van der Waals surface area (Å²) in [7, 11) is 0. The van der Waals surface area contributed by atoms with E-state index < -0.39 is 11.2 Å². The molecule has 5 heteroatoms. The zero-order chi connectivity index (χ0) is 24.8. The number of halogens is 2. The van der Waals surface area contributed by atoms with Gasteiger partial charge in [-0.05, 0) is 84.9 Å². The molecule has 2 bridgehead atoms. The summed E-state index contributed by atoms with van der Waals surface area (Å²) < 4.78 is 29.1. The standard InChI is InChI=1S/C31H32F2N2O/c32-26-11-8-23(9-12-26)28-27-13-10-24(22-6-2-1-3-7-22)20-25(27)14-19-35(28)29(36)34-31-17-4-15-30(33,21-31)16-5-18-31/h1-3,6-13,20,28H,4-5,14-19,21H2,(H,34,36)/t28-,30?,31?/m0/s1. The van der Waals surface area contributed by atoms with Crippen molar-refractivity contribution < 1.29 is 13.6 Å². The first-order chi connectivity index (χ1) is 17.4. The Morgan fingerprint density at radius 3 is 2.33 bits per heavy atom. The largest absolute Gasteiger partial charge is 0.332 e. The maximum atomic E-state index is 15.3. The number of nitrogens with zero attached hydrogens (tertiary/aromatic N) is 1. The van der Waals surface area contributed by atoms with Crippen LogP contribution in [0.3, 0.4) is 0 Å². The van der Waals surface area contributed by atoms with Gasteiger partial charge in [0.2, 0.25) is 0 Å². The number of alkyl halides is 1. The van der Waals surface area contributed by atoms with Crippen LogP contribution in [0.25, 0.3) is 11.1 Å². The van der Waals surface area contributed by atoms with Crippen molar-refractivity contribution in [1.82, 2.24) is 10.2 Å². The molecule has 0 saturated heterocycles. The van der Waals surface area contributed by atoms with Gasteiger partial charge in [0, 0.05) is 18.5 Å². The Balaban J connectivity index is 1.34. The highest BCUT2D eigenvalue weighted by molar-refractivity contribution is 5.77. The van der Waals surface area contributed by atoms with Gasteiger partial charge in [-0.2, -0.15) is 0 Å². The lowest BCUT2D eigenvalue weighted by molar-refractivity contribution is 0.00270. The Bertz CT molecular complexity index is 1250. The van der Waals surface area contributed by atoms with Gasteiger partial charge < -0.3 is 10.2 Å². The second kappa shape index (κ2) is 9.02. The Morgan fingerprint density at radius 1 is 0.889 bits per heavy atom. The maximum Gasteiger partial charge on any atom is 0.318 e. The van der Waals surface area contributed by atoms with Crippen LogP contribution in [-0.2, 0) is 6.42 Å². The summed E-state index contributed by atoms with van der Waals surface area (Å²) in [6.45, 7) is 0.552. The number of hydrogen-bond donors (Lipinski definition) is 1. The molecule has 1 N–H and O–H groups in total. The third-order valence-electron chi connectivity index (χ3n) is 8.51. The van der Waals surface area contributed by atoms with Crippen LogP contribution in [0.1, 0.15) is 67.7 Å². The number of benzene rings is 3. The van der Waals surface area contributed by atoms with Crippen molar-refractivity contribution in [1.29, 1.82) is 0 Å². The van der Waals surface area contributed by atoms with Crippen molar-refractivity contribution in [3.05, 3.63) is 95.3 Å². The summed E-state index contributed by atoms with van der Waals surface area (Å²) in [6.07, 6.45) is 5.63. The van der Waals surface area contributed by atoms with Crippen molar-refractivity contribution in [3.63, 3.8) is 0 Å². The van der Waals surface area contributed by atoms with Crippen LogP contribution >= 0.6 is 0 Å². The predicted molar refractivity (Wildman–Crippen MR) is 138 cm³/mol. The molecule has 1 heterocycles. The molecule has 0 aromatic heterocycles. The average molecular weight is 487 g/mol. The molecule has 3 aliphatic rings. The highest BCUT2D eigenvalue weighted by Crippen LogP contribution is 2.48. The summed E-state index contributed by atoms with van der Waals surface area (Å²) in [5.74, 6) is -0.298. The van der Waals surface area contributed by atoms with E-state index in [1.165, 1.54) is 17.7 Å². The van der Waals surface area contributed by atoms with E-state index in [0.717, 1.165) is 54.4 Å². The fourth-order valence-corrected chi connectivity index (χ4v) is 6.83. The van der Waals surface area contributed by atoms with E-state index in [-0.39, 0.29) is 17.9 Å². The molecule has 186 valence electrons. The van der Waals surface area contributed by atoms with Crippen molar-refractivity contribution >= 4 is 6.03 Å². The SMILES string of the molecule is O=C(NC12CCCC(F)(CCC1)C2)N1CCc2cc(-c3ccccc3)ccc2[C@@H]1c1ccc(F)cc1. The minimum Gasteiger partial charge on any atom is -0.332 e. The topological polar surface area (TPSA) is 32.3 Å². The van der Waals surface area contributed by atoms with Gasteiger partial charge in [-0.1, -0.05) is 60.7 Å². The number of carbonyl (C=O) groups excluding carboxylic acids is 1. The van der Waals surface area contributed by atoms with E-state index in [2.05, 4.69) is 35.6 Å². The molecular formula is C31H32F2N2O. The number of urea groups is 1. The van der Waals surface area contributed by atoms with Crippen LogP contribution in [-0.4, -0.2) is 28.7 Å². The molecule has 2 fully saturated rings. The summed E-state index contributed by atoms with van der Waals surface area (Å²) in [4.78, 5) is 15.7. The number of hydrogen-bond acceptors (Lipinski definition) is 1. The average Bonchev–Trinajstić information content (AvgIpc) is 2.88. The van der Waals surface area contributed by atoms with Crippen molar-refractivity contribution in [2.45, 2.75) is 68.6 Å². The molecule has 1 aliphatic heterocycles. The summed E-state index contributed by atoms with van der Waals surface area (Å²) in [5, 5.41) is 3.31. The number of amides is 2. The molecule has 6 rings (SSSR count). The second-order valence-electron chi connectivity index (χ2n) is 10.9. The molecule has 2 aliphatic carbocycles. The highest BCUT2D eigenvalue weighted by atomic mass is 19.1. The molecule has 0 spiro atoms. The zero-order valence-corrected chi connectivity index (χ0v) is 20.5. The van der Waals surface area contributed by atoms with Crippen molar-refractivity contribution in [2.24, 2.45) is 0 Å². The first-order valence-electron chi connectivity index (χ1n) is 13.2. The van der Waals surface area contributed by atoms with Gasteiger partial charge in [0.15, 0.2) is 0 Å². The smallest absolute Gasteiger partial charge is 0.318 e. The normalized spacial score (nSPS) is 27.3. The zero-order valence-electron chi connectivity index (χ0n) is 20.5. The first-order valence-corrected chi connectivity index (χ1v) is 13.2. The quantitative estimate of drug-likeness (QED) is 0.412. The van der Waals surface area contributed by atoms with E-state index in [1.54, 1.807) is 12.1 Å². The van der Waals surface area contributed by atoms with Crippen molar-refractivity contribution in [3.8, 4) is 11.1 Å². The molecule has 0 unspecified atom stereocenters. The van der Waals surface area contributed by atoms with Gasteiger partial charge in [-0.3, -0.25) is 0 Å². The van der Waals surface area contributed by atoms with E-state index in [0.29, 0.717) is 25.8 Å². The molecule has 2 amide bonds. The van der Waals surface area contributed by atoms with Gasteiger partial charge in [-0.25, -0.2) is 13.6 Å². The van der Waals surface area contributed by atoms with Gasteiger partial charge in [0.25, 0.3) is 0 Å². The lowest BCUT2D eigenvalue weighted by Crippen LogP contribution is -2.60. The molecule has 1 atom stereocenters. The first kappa shape index (κ1) is 23.2. The fraction of sp³-hybridized carbons (Fsp3) is 0.387. The highest BCUT2D eigenvalue weighted by Gasteiger charge is 2.49. The van der Waals surface area contributed by atoms with Crippen LogP contribution in [0, 0.1) is 5.82 Å². The Hall–Kier alpha value is -3.21. The summed E-state index contributed by atoms with van der Waals surface area (Å²) in [6, 6.07) is 22.7. The number of carbonyl (C=O) groups is 1. The number of nitrogens with one attached hydrogen (secondary N) is 1. The van der Waals surface area contributed by atoms with E-state index >= 15 is 4.39 Å². The molecule has 3 aromatic rings. The van der Waals surface area contributed by atoms with E-state index in [9.17, 15) is 9.18 Å². The predicted octanol–water partition coefficient (Wildman–Crippen LogP) is 7.35. The Morgan fingerprint density at radius 2 is 1.61 bits per heavy atom. The lowest BCUT2D eigenvalue weighted by atomic mass is 9.65. The number of fused-ring (bicyclic) bond motifs is 3. The molecule has 0 radical (unpaired) electrons. The van der Waals surface area contributed by atoms with Crippen LogP contribution in [0.4, 0.5) is 13.6 Å². The maximum absolute atomic E-state index is 15.3. The van der Waals surface area contributed by atoms with Gasteiger partial charge in [-0.15, -0.1) is 0 Å². The number of rotatable bonds is 3. The summed E-state index contributed by atoms with van der Waals surface area (Å²) in [5.41, 5.74) is 3.83. The third-order valence-corrected chi connectivity index (χ3v) is 8.51. The van der Waals surface area contributed by atoms with Crippen LogP contribution in [0.2, 0.25) is 0 Å². The van der Waals surface area contributed by atoms with Gasteiger partial charge in [0.05, 0.1) is 6.04 Å². The molecule has 36 heavy (non-hydrogen) atoms. The van der Waals surface area contributed by atoms with Crippen LogP contribution in [0.5, 0.6) is 0 Å². The van der Waals surface area contributed by atoms with E-state index in [1.807, 2.05) is 23.1 Å². The van der Waals surface area contributed by atoms with Gasteiger partial charge in [0.1, 0.15) is 11.5 Å². The van der Waals surface area contributed by atoms with Crippen LogP contribution in [0.15, 0.2) is 72.8 Å². The van der Waals surface area contributed by atoms with E-state index in [4.69, 9.17) is 0 Å². The van der Waals surface area contributed by atoms with Crippen LogP contribution < -0.4 is 5.32 Å².